The zero-order chi connectivity index (χ0) is 16.6. The van der Waals surface area contributed by atoms with Crippen LogP contribution in [0.15, 0.2) is 30.6 Å². The Morgan fingerprint density at radius 3 is 2.91 bits per heavy atom. The molecule has 122 valence electrons. The van der Waals surface area contributed by atoms with Crippen molar-refractivity contribution in [3.05, 3.63) is 36.2 Å². The molecule has 0 fully saturated rings. The highest BCUT2D eigenvalue weighted by atomic mass is 16.6. The summed E-state index contributed by atoms with van der Waals surface area (Å²) in [6.45, 7) is 8.47. The van der Waals surface area contributed by atoms with E-state index in [2.05, 4.69) is 23.0 Å². The maximum atomic E-state index is 12.6. The van der Waals surface area contributed by atoms with Crippen LogP contribution in [0.25, 0.3) is 16.7 Å². The van der Waals surface area contributed by atoms with E-state index < -0.39 is 5.60 Å². The molecule has 2 heterocycles. The number of nitrogens with zero attached hydrogens (tertiary/aromatic N) is 2. The van der Waals surface area contributed by atoms with Gasteiger partial charge in [-0.25, -0.2) is 9.78 Å². The van der Waals surface area contributed by atoms with Crippen molar-refractivity contribution in [1.82, 2.24) is 14.9 Å². The molecule has 1 amide bonds. The van der Waals surface area contributed by atoms with Gasteiger partial charge in [-0.05, 0) is 45.2 Å². The Balaban J connectivity index is 1.95. The third-order valence-corrected chi connectivity index (χ3v) is 3.83. The van der Waals surface area contributed by atoms with Gasteiger partial charge in [0.15, 0.2) is 0 Å². The molecule has 1 aliphatic heterocycles. The number of carbonyl (C=O) groups excluding carboxylic acids is 1. The lowest BCUT2D eigenvalue weighted by molar-refractivity contribution is 0.0327. The summed E-state index contributed by atoms with van der Waals surface area (Å²) >= 11 is 0. The molecule has 1 unspecified atom stereocenters. The summed E-state index contributed by atoms with van der Waals surface area (Å²) in [4.78, 5) is 21.7. The molecule has 0 bridgehead atoms. The fourth-order valence-electron chi connectivity index (χ4n) is 2.76. The van der Waals surface area contributed by atoms with E-state index in [0.29, 0.717) is 12.5 Å². The van der Waals surface area contributed by atoms with Gasteiger partial charge in [0.2, 0.25) is 0 Å². The molecule has 2 aromatic rings. The number of rotatable bonds is 1. The number of benzene rings is 1. The van der Waals surface area contributed by atoms with Crippen LogP contribution < -0.4 is 0 Å². The smallest absolute Gasteiger partial charge is 0.414 e. The van der Waals surface area contributed by atoms with Gasteiger partial charge in [0, 0.05) is 12.1 Å². The van der Waals surface area contributed by atoms with Crippen LogP contribution in [0.4, 0.5) is 4.79 Å². The topological polar surface area (TPSA) is 58.2 Å². The molecule has 1 atom stereocenters. The molecule has 1 aromatic heterocycles. The van der Waals surface area contributed by atoms with Crippen LogP contribution >= 0.6 is 0 Å². The molecule has 23 heavy (non-hydrogen) atoms. The molecule has 0 radical (unpaired) electrons. The van der Waals surface area contributed by atoms with E-state index >= 15 is 0 Å². The number of hydrogen-bond acceptors (Lipinski definition) is 3. The van der Waals surface area contributed by atoms with E-state index in [1.165, 1.54) is 0 Å². The van der Waals surface area contributed by atoms with Gasteiger partial charge in [-0.15, -0.1) is 0 Å². The van der Waals surface area contributed by atoms with Crippen molar-refractivity contribution in [3.8, 4) is 0 Å². The van der Waals surface area contributed by atoms with Crippen LogP contribution in [0, 0.1) is 5.92 Å². The van der Waals surface area contributed by atoms with Crippen molar-refractivity contribution in [1.29, 1.82) is 0 Å². The predicted octanol–water partition coefficient (Wildman–Crippen LogP) is 4.18. The fourth-order valence-corrected chi connectivity index (χ4v) is 2.76. The van der Waals surface area contributed by atoms with Gasteiger partial charge in [-0.3, -0.25) is 4.90 Å². The van der Waals surface area contributed by atoms with Gasteiger partial charge in [0.05, 0.1) is 23.1 Å². The molecular formula is C18H23N3O2. The number of imidazole rings is 1. The van der Waals surface area contributed by atoms with Crippen molar-refractivity contribution in [3.63, 3.8) is 0 Å². The third-order valence-electron chi connectivity index (χ3n) is 3.83. The van der Waals surface area contributed by atoms with E-state index in [-0.39, 0.29) is 6.09 Å². The van der Waals surface area contributed by atoms with Gasteiger partial charge in [-0.2, -0.15) is 0 Å². The number of amides is 1. The highest BCUT2D eigenvalue weighted by molar-refractivity contribution is 5.86. The summed E-state index contributed by atoms with van der Waals surface area (Å²) < 4.78 is 5.57. The summed E-state index contributed by atoms with van der Waals surface area (Å²) in [7, 11) is 0. The highest BCUT2D eigenvalue weighted by Gasteiger charge is 2.29. The number of allylic oxidation sites excluding steroid dienone is 1. The lowest BCUT2D eigenvalue weighted by Crippen LogP contribution is -2.39. The zero-order valence-corrected chi connectivity index (χ0v) is 14.1. The normalized spacial score (nSPS) is 18.9. The monoisotopic (exact) mass is 313 g/mol. The van der Waals surface area contributed by atoms with Crippen LogP contribution in [0.1, 0.15) is 39.7 Å². The van der Waals surface area contributed by atoms with Crippen LogP contribution in [-0.2, 0) is 4.74 Å². The molecule has 0 saturated carbocycles. The molecule has 3 rings (SSSR count). The number of hydrogen-bond donors (Lipinski definition) is 1. The first-order valence-electron chi connectivity index (χ1n) is 7.98. The van der Waals surface area contributed by atoms with Crippen molar-refractivity contribution >= 4 is 22.8 Å². The van der Waals surface area contributed by atoms with Gasteiger partial charge < -0.3 is 9.72 Å². The minimum atomic E-state index is -0.505. The van der Waals surface area contributed by atoms with Gasteiger partial charge in [0.25, 0.3) is 0 Å². The number of aromatic nitrogens is 2. The van der Waals surface area contributed by atoms with E-state index in [1.807, 2.05) is 39.0 Å². The van der Waals surface area contributed by atoms with Crippen molar-refractivity contribution in [2.75, 3.05) is 6.54 Å². The van der Waals surface area contributed by atoms with Gasteiger partial charge in [-0.1, -0.05) is 19.1 Å². The minimum Gasteiger partial charge on any atom is -0.443 e. The summed E-state index contributed by atoms with van der Waals surface area (Å²) in [5, 5.41) is 0. The second kappa shape index (κ2) is 5.72. The van der Waals surface area contributed by atoms with E-state index in [4.69, 9.17) is 4.74 Å². The van der Waals surface area contributed by atoms with E-state index in [1.54, 1.807) is 11.2 Å². The predicted molar refractivity (Wildman–Crippen MR) is 90.8 cm³/mol. The zero-order valence-electron chi connectivity index (χ0n) is 14.1. The Labute approximate surface area is 136 Å². The maximum absolute atomic E-state index is 12.6. The number of aromatic amines is 1. The Bertz CT molecular complexity index is 755. The lowest BCUT2D eigenvalue weighted by Gasteiger charge is -2.33. The minimum absolute atomic E-state index is 0.294. The molecule has 0 saturated heterocycles. The summed E-state index contributed by atoms with van der Waals surface area (Å²) in [6.07, 6.45) is 4.45. The summed E-state index contributed by atoms with van der Waals surface area (Å²) in [5.74, 6) is 0.417. The number of nitrogens with one attached hydrogen (secondary N) is 1. The summed E-state index contributed by atoms with van der Waals surface area (Å²) in [5.41, 5.74) is 3.27. The molecule has 5 heteroatoms. The Hall–Kier alpha value is -2.30. The quantitative estimate of drug-likeness (QED) is 0.859. The molecular weight excluding hydrogens is 290 g/mol. The Morgan fingerprint density at radius 2 is 2.17 bits per heavy atom. The molecule has 1 aliphatic rings. The first-order chi connectivity index (χ1) is 10.8. The standard InChI is InChI=1S/C18H23N3O2/c1-12-5-8-16(21(10-12)17(22)23-18(2,3)4)13-6-7-14-15(9-13)20-11-19-14/h6-9,11-12H,5,10H2,1-4H3,(H,19,20). The SMILES string of the molecule is CC1CC=C(c2ccc3[nH]cnc3c2)N(C(=O)OC(C)(C)C)C1. The van der Waals surface area contributed by atoms with Gasteiger partial charge >= 0.3 is 6.09 Å². The Morgan fingerprint density at radius 1 is 1.39 bits per heavy atom. The molecule has 1 aromatic carbocycles. The molecule has 0 spiro atoms. The first kappa shape index (κ1) is 15.6. The lowest BCUT2D eigenvalue weighted by atomic mass is 9.98. The Kier molecular flexibility index (Phi) is 3.88. The maximum Gasteiger partial charge on any atom is 0.414 e. The van der Waals surface area contributed by atoms with Crippen LogP contribution in [0.3, 0.4) is 0 Å². The number of ether oxygens (including phenoxy) is 1. The first-order valence-corrected chi connectivity index (χ1v) is 7.98. The highest BCUT2D eigenvalue weighted by Crippen LogP contribution is 2.30. The average Bonchev–Trinajstić information content (AvgIpc) is 2.92. The molecule has 5 nitrogen and oxygen atoms in total. The third kappa shape index (κ3) is 3.38. The number of fused-ring (bicyclic) bond motifs is 1. The molecule has 1 N–H and O–H groups in total. The van der Waals surface area contributed by atoms with Crippen LogP contribution in [0.5, 0.6) is 0 Å². The second-order valence-corrected chi connectivity index (χ2v) is 7.16. The molecule has 0 aliphatic carbocycles. The van der Waals surface area contributed by atoms with E-state index in [0.717, 1.165) is 28.7 Å². The van der Waals surface area contributed by atoms with Gasteiger partial charge in [0.1, 0.15) is 5.60 Å². The average molecular weight is 313 g/mol. The summed E-state index contributed by atoms with van der Waals surface area (Å²) in [6, 6.07) is 6.01. The van der Waals surface area contributed by atoms with Crippen molar-refractivity contribution < 1.29 is 9.53 Å². The largest absolute Gasteiger partial charge is 0.443 e. The van der Waals surface area contributed by atoms with Crippen molar-refractivity contribution in [2.45, 2.75) is 39.7 Å². The second-order valence-electron chi connectivity index (χ2n) is 7.16. The fraction of sp³-hybridized carbons (Fsp3) is 0.444. The van der Waals surface area contributed by atoms with Crippen LogP contribution in [0.2, 0.25) is 0 Å². The number of carbonyl (C=O) groups is 1. The van der Waals surface area contributed by atoms with E-state index in [9.17, 15) is 4.79 Å². The van der Waals surface area contributed by atoms with Crippen molar-refractivity contribution in [2.24, 2.45) is 5.92 Å². The van der Waals surface area contributed by atoms with Crippen LogP contribution in [-0.4, -0.2) is 33.1 Å². The number of H-pyrrole nitrogens is 1.